The molecule has 0 spiro atoms. The predicted octanol–water partition coefficient (Wildman–Crippen LogP) is 4.13. The fraction of sp³-hybridized carbons (Fsp3) is 0.917. The van der Waals surface area contributed by atoms with Crippen molar-refractivity contribution in [2.75, 3.05) is 32.4 Å². The Morgan fingerprint density at radius 2 is 1.53 bits per heavy atom. The number of carboxylic acids is 1. The third-order valence-electron chi connectivity index (χ3n) is 5.34. The molecule has 34 heavy (non-hydrogen) atoms. The Hall–Kier alpha value is -1.39. The monoisotopic (exact) mass is 507 g/mol. The maximum atomic E-state index is 12.4. The van der Waals surface area contributed by atoms with Gasteiger partial charge in [-0.2, -0.15) is 0 Å². The van der Waals surface area contributed by atoms with Gasteiger partial charge in [-0.25, -0.2) is 17.9 Å². The molecule has 0 heterocycles. The average Bonchev–Trinajstić information content (AvgIpc) is 2.71. The van der Waals surface area contributed by atoms with Crippen LogP contribution in [0, 0.1) is 0 Å². The van der Waals surface area contributed by atoms with Crippen LogP contribution in [0.3, 0.4) is 0 Å². The molecule has 0 rings (SSSR count). The van der Waals surface area contributed by atoms with Crippen LogP contribution in [0.2, 0.25) is 0 Å². The molecule has 0 saturated heterocycles. The number of carboxylic acid groups (broad SMARTS) is 1. The van der Waals surface area contributed by atoms with E-state index >= 15 is 0 Å². The smallest absolute Gasteiger partial charge is 0.407 e. The molecule has 0 aromatic rings. The van der Waals surface area contributed by atoms with Gasteiger partial charge in [0.25, 0.3) is 0 Å². The van der Waals surface area contributed by atoms with Gasteiger partial charge in [0.05, 0.1) is 5.75 Å². The Balaban J connectivity index is 4.13. The molecule has 0 unspecified atom stereocenters. The maximum absolute atomic E-state index is 12.4. The van der Waals surface area contributed by atoms with Crippen LogP contribution in [-0.2, 0) is 19.6 Å². The van der Waals surface area contributed by atoms with Gasteiger partial charge in [-0.05, 0) is 60.0 Å². The van der Waals surface area contributed by atoms with Crippen molar-refractivity contribution in [3.8, 4) is 0 Å². The Labute approximate surface area is 207 Å². The van der Waals surface area contributed by atoms with Crippen molar-refractivity contribution in [1.29, 1.82) is 0 Å². The highest BCUT2D eigenvalue weighted by molar-refractivity contribution is 7.89. The molecular weight excluding hydrogens is 458 g/mol. The molecular formula is C24H49N3O6S. The molecule has 0 saturated carbocycles. The van der Waals surface area contributed by atoms with Crippen LogP contribution < -0.4 is 10.0 Å². The minimum Gasteiger partial charge on any atom is -0.480 e. The van der Waals surface area contributed by atoms with E-state index < -0.39 is 33.7 Å². The number of aliphatic carboxylic acids is 1. The van der Waals surface area contributed by atoms with Gasteiger partial charge in [0, 0.05) is 13.1 Å². The molecule has 9 nitrogen and oxygen atoms in total. The topological polar surface area (TPSA) is 125 Å². The molecule has 0 fully saturated rings. The fourth-order valence-electron chi connectivity index (χ4n) is 3.39. The number of sulfonamides is 1. The SMILES string of the molecule is CCCCCCCCCCN(C)CCS(=O)(=O)N[C@@H](CCCCNC(=O)OC(C)(C)C)C(=O)O. The summed E-state index contributed by atoms with van der Waals surface area (Å²) in [4.78, 5) is 25.1. The van der Waals surface area contributed by atoms with Crippen LogP contribution in [0.5, 0.6) is 0 Å². The normalized spacial score (nSPS) is 13.1. The number of unbranched alkanes of at least 4 members (excludes halogenated alkanes) is 8. The molecule has 0 aromatic carbocycles. The van der Waals surface area contributed by atoms with Crippen LogP contribution in [0.15, 0.2) is 0 Å². The van der Waals surface area contributed by atoms with E-state index in [-0.39, 0.29) is 12.2 Å². The van der Waals surface area contributed by atoms with Crippen molar-refractivity contribution in [3.05, 3.63) is 0 Å². The summed E-state index contributed by atoms with van der Waals surface area (Å²) in [5.41, 5.74) is -0.585. The highest BCUT2D eigenvalue weighted by atomic mass is 32.2. The van der Waals surface area contributed by atoms with Crippen LogP contribution in [-0.4, -0.2) is 74.6 Å². The van der Waals surface area contributed by atoms with Gasteiger partial charge in [-0.15, -0.1) is 0 Å². The molecule has 1 amide bonds. The number of ether oxygens (including phenoxy) is 1. The van der Waals surface area contributed by atoms with Gasteiger partial charge in [-0.1, -0.05) is 51.9 Å². The first-order chi connectivity index (χ1) is 15.9. The van der Waals surface area contributed by atoms with E-state index in [2.05, 4.69) is 17.0 Å². The highest BCUT2D eigenvalue weighted by Crippen LogP contribution is 2.09. The van der Waals surface area contributed by atoms with E-state index in [1.54, 1.807) is 20.8 Å². The second-order valence-corrected chi connectivity index (χ2v) is 11.9. The quantitative estimate of drug-likeness (QED) is 0.212. The second kappa shape index (κ2) is 18.0. The number of rotatable bonds is 20. The van der Waals surface area contributed by atoms with Gasteiger partial charge in [-0.3, -0.25) is 4.79 Å². The first kappa shape index (κ1) is 32.6. The fourth-order valence-corrected chi connectivity index (χ4v) is 4.71. The van der Waals surface area contributed by atoms with E-state index in [9.17, 15) is 23.1 Å². The van der Waals surface area contributed by atoms with E-state index in [0.717, 1.165) is 19.4 Å². The van der Waals surface area contributed by atoms with Crippen molar-refractivity contribution in [1.82, 2.24) is 14.9 Å². The highest BCUT2D eigenvalue weighted by Gasteiger charge is 2.24. The second-order valence-electron chi connectivity index (χ2n) is 10.0. The summed E-state index contributed by atoms with van der Waals surface area (Å²) in [5, 5.41) is 12.0. The predicted molar refractivity (Wildman–Crippen MR) is 137 cm³/mol. The standard InChI is InChI=1S/C24H49N3O6S/c1-6-7-8-9-10-11-12-15-18-27(5)19-20-34(31,32)26-21(22(28)29)16-13-14-17-25-23(30)33-24(2,3)4/h21,26H,6-20H2,1-5H3,(H,25,30)(H,28,29)/t21-/m0/s1. The van der Waals surface area contributed by atoms with Crippen LogP contribution in [0.4, 0.5) is 4.79 Å². The molecule has 0 aliphatic heterocycles. The third kappa shape index (κ3) is 20.0. The number of nitrogens with zero attached hydrogens (tertiary/aromatic N) is 1. The van der Waals surface area contributed by atoms with Gasteiger partial charge < -0.3 is 20.1 Å². The van der Waals surface area contributed by atoms with Crippen molar-refractivity contribution < 1.29 is 27.9 Å². The lowest BCUT2D eigenvalue weighted by Crippen LogP contribution is -2.43. The van der Waals surface area contributed by atoms with Crippen molar-refractivity contribution in [2.24, 2.45) is 0 Å². The molecule has 1 atom stereocenters. The summed E-state index contributed by atoms with van der Waals surface area (Å²) in [6, 6.07) is -1.18. The van der Waals surface area contributed by atoms with Crippen LogP contribution in [0.25, 0.3) is 0 Å². The maximum Gasteiger partial charge on any atom is 0.407 e. The lowest BCUT2D eigenvalue weighted by atomic mass is 10.1. The summed E-state index contributed by atoms with van der Waals surface area (Å²) >= 11 is 0. The van der Waals surface area contributed by atoms with Gasteiger partial charge in [0.2, 0.25) is 10.0 Å². The first-order valence-electron chi connectivity index (χ1n) is 12.7. The van der Waals surface area contributed by atoms with Gasteiger partial charge in [0.15, 0.2) is 0 Å². The Bertz CT molecular complexity index is 664. The zero-order chi connectivity index (χ0) is 26.0. The zero-order valence-corrected chi connectivity index (χ0v) is 22.8. The number of alkyl carbamates (subject to hydrolysis) is 1. The van der Waals surface area contributed by atoms with Crippen molar-refractivity contribution in [3.63, 3.8) is 0 Å². The third-order valence-corrected chi connectivity index (χ3v) is 6.71. The number of carbonyl (C=O) groups is 2. The molecule has 3 N–H and O–H groups in total. The lowest BCUT2D eigenvalue weighted by molar-refractivity contribution is -0.139. The Morgan fingerprint density at radius 1 is 0.941 bits per heavy atom. The summed E-state index contributed by atoms with van der Waals surface area (Å²) in [6.45, 7) is 9.04. The van der Waals surface area contributed by atoms with Crippen LogP contribution >= 0.6 is 0 Å². The summed E-state index contributed by atoms with van der Waals surface area (Å²) in [6.07, 6.45) is 10.4. The van der Waals surface area contributed by atoms with E-state index in [4.69, 9.17) is 4.74 Å². The number of hydrogen-bond donors (Lipinski definition) is 3. The Morgan fingerprint density at radius 3 is 2.09 bits per heavy atom. The summed E-state index contributed by atoms with van der Waals surface area (Å²) < 4.78 is 32.2. The molecule has 0 bridgehead atoms. The largest absolute Gasteiger partial charge is 0.480 e. The van der Waals surface area contributed by atoms with E-state index in [1.807, 2.05) is 11.9 Å². The minimum atomic E-state index is -3.71. The molecule has 202 valence electrons. The molecule has 0 aliphatic carbocycles. The Kier molecular flexibility index (Phi) is 17.2. The molecule has 0 radical (unpaired) electrons. The van der Waals surface area contributed by atoms with E-state index in [1.165, 1.54) is 38.5 Å². The zero-order valence-electron chi connectivity index (χ0n) is 22.0. The van der Waals surface area contributed by atoms with Gasteiger partial charge >= 0.3 is 12.1 Å². The molecule has 0 aromatic heterocycles. The molecule has 0 aliphatic rings. The lowest BCUT2D eigenvalue weighted by Gasteiger charge is -2.20. The number of hydrogen-bond acceptors (Lipinski definition) is 6. The van der Waals surface area contributed by atoms with Crippen molar-refractivity contribution >= 4 is 22.1 Å². The van der Waals surface area contributed by atoms with Gasteiger partial charge in [0.1, 0.15) is 11.6 Å². The summed E-state index contributed by atoms with van der Waals surface area (Å²) in [5.74, 6) is -1.33. The number of nitrogens with one attached hydrogen (secondary N) is 2. The van der Waals surface area contributed by atoms with Crippen LogP contribution in [0.1, 0.15) is 98.3 Å². The first-order valence-corrected chi connectivity index (χ1v) is 14.4. The molecule has 10 heteroatoms. The number of carbonyl (C=O) groups excluding carboxylic acids is 1. The summed E-state index contributed by atoms with van der Waals surface area (Å²) in [7, 11) is -1.82. The van der Waals surface area contributed by atoms with Crippen molar-refractivity contribution in [2.45, 2.75) is 110 Å². The average molecular weight is 508 g/mol. The number of amides is 1. The van der Waals surface area contributed by atoms with E-state index in [0.29, 0.717) is 25.9 Å². The minimum absolute atomic E-state index is 0.134.